The Labute approximate surface area is 207 Å². The molecule has 2 amide bonds. The van der Waals surface area contributed by atoms with Crippen molar-refractivity contribution in [3.63, 3.8) is 0 Å². The molecule has 1 fully saturated rings. The predicted molar refractivity (Wildman–Crippen MR) is 130 cm³/mol. The van der Waals surface area contributed by atoms with Crippen LogP contribution in [0.25, 0.3) is 0 Å². The molecular weight excluding hydrogens is 472 g/mol. The first kappa shape index (κ1) is 24.1. The van der Waals surface area contributed by atoms with Crippen molar-refractivity contribution in [1.82, 2.24) is 20.2 Å². The van der Waals surface area contributed by atoms with Gasteiger partial charge in [0.2, 0.25) is 6.79 Å². The first-order valence-electron chi connectivity index (χ1n) is 11.7. The summed E-state index contributed by atoms with van der Waals surface area (Å²) in [6, 6.07) is 4.88. The van der Waals surface area contributed by atoms with Gasteiger partial charge in [0.15, 0.2) is 29.4 Å². The largest absolute Gasteiger partial charge is 0.454 e. The van der Waals surface area contributed by atoms with Crippen molar-refractivity contribution in [2.45, 2.75) is 31.0 Å². The molecule has 0 spiro atoms. The van der Waals surface area contributed by atoms with E-state index in [1.54, 1.807) is 23.1 Å². The number of urea groups is 1. The molecule has 194 valence electrons. The van der Waals surface area contributed by atoms with Gasteiger partial charge >= 0.3 is 6.03 Å². The van der Waals surface area contributed by atoms with Crippen molar-refractivity contribution in [2.24, 2.45) is 0 Å². The number of nitrogens with zero attached hydrogens (tertiary/aromatic N) is 4. The average molecular weight is 503 g/mol. The highest BCUT2D eigenvalue weighted by Gasteiger charge is 2.47. The van der Waals surface area contributed by atoms with E-state index in [9.17, 15) is 15.0 Å². The number of fused-ring (bicyclic) bond motifs is 2. The number of likely N-dealkylation sites (N-methyl/N-ethyl adjacent to an activating group) is 1. The minimum Gasteiger partial charge on any atom is -0.454 e. The molecular formula is C22H30N8O6. The Morgan fingerprint density at radius 2 is 2.11 bits per heavy atom. The molecule has 0 saturated carbocycles. The highest BCUT2D eigenvalue weighted by molar-refractivity contribution is 5.89. The minimum absolute atomic E-state index is 0.175. The Morgan fingerprint density at radius 1 is 1.28 bits per heavy atom. The Bertz CT molecular complexity index is 1110. The minimum atomic E-state index is -1.12. The van der Waals surface area contributed by atoms with Gasteiger partial charge in [-0.15, -0.1) is 0 Å². The molecule has 5 rings (SSSR count). The van der Waals surface area contributed by atoms with Crippen molar-refractivity contribution in [1.29, 1.82) is 0 Å². The maximum Gasteiger partial charge on any atom is 0.319 e. The van der Waals surface area contributed by atoms with Gasteiger partial charge in [-0.25, -0.2) is 14.8 Å². The van der Waals surface area contributed by atoms with Crippen LogP contribution in [0.4, 0.5) is 27.8 Å². The number of aliphatic hydroxyl groups excluding tert-OH is 2. The summed E-state index contributed by atoms with van der Waals surface area (Å²) in [6.07, 6.45) is -1.52. The molecule has 14 nitrogen and oxygen atoms in total. The van der Waals surface area contributed by atoms with Gasteiger partial charge < -0.3 is 55.9 Å². The van der Waals surface area contributed by atoms with E-state index in [0.717, 1.165) is 0 Å². The maximum atomic E-state index is 12.2. The van der Waals surface area contributed by atoms with Gasteiger partial charge in [0.1, 0.15) is 30.3 Å². The molecule has 36 heavy (non-hydrogen) atoms. The number of benzene rings is 1. The number of carbonyl (C=O) groups excluding carboxylic acids is 1. The summed E-state index contributed by atoms with van der Waals surface area (Å²) in [5.74, 6) is 2.09. The highest BCUT2D eigenvalue weighted by atomic mass is 16.7. The van der Waals surface area contributed by atoms with Gasteiger partial charge in [0, 0.05) is 24.8 Å². The summed E-state index contributed by atoms with van der Waals surface area (Å²) in [7, 11) is 1.89. The molecule has 1 saturated heterocycles. The number of carbonyl (C=O) groups is 1. The van der Waals surface area contributed by atoms with E-state index in [4.69, 9.17) is 19.9 Å². The number of anilines is 4. The summed E-state index contributed by atoms with van der Waals surface area (Å²) in [6.45, 7) is 2.01. The lowest BCUT2D eigenvalue weighted by molar-refractivity contribution is -0.00729. The molecule has 0 bridgehead atoms. The van der Waals surface area contributed by atoms with Crippen LogP contribution in [0.15, 0.2) is 24.5 Å². The number of hydrogen-bond acceptors (Lipinski definition) is 12. The highest BCUT2D eigenvalue weighted by Crippen LogP contribution is 2.37. The van der Waals surface area contributed by atoms with Crippen LogP contribution in [0.3, 0.4) is 0 Å². The number of nitrogens with two attached hydrogens (primary N) is 1. The number of aliphatic hydroxyl groups is 2. The fourth-order valence-corrected chi connectivity index (χ4v) is 4.46. The zero-order valence-corrected chi connectivity index (χ0v) is 19.8. The Kier molecular flexibility index (Phi) is 6.82. The third kappa shape index (κ3) is 4.88. The number of ether oxygens (including phenoxy) is 3. The third-order valence-electron chi connectivity index (χ3n) is 6.32. The number of nitrogen functional groups attached to an aromatic ring is 1. The van der Waals surface area contributed by atoms with E-state index in [2.05, 4.69) is 25.9 Å². The Hall–Kier alpha value is -3.59. The number of rotatable bonds is 8. The Balaban J connectivity index is 1.05. The number of amides is 2. The zero-order valence-electron chi connectivity index (χ0n) is 19.8. The van der Waals surface area contributed by atoms with E-state index in [1.807, 2.05) is 11.9 Å². The second-order valence-corrected chi connectivity index (χ2v) is 8.87. The van der Waals surface area contributed by atoms with Crippen LogP contribution in [-0.4, -0.2) is 95.8 Å². The maximum absolute atomic E-state index is 12.2. The van der Waals surface area contributed by atoms with Crippen LogP contribution >= 0.6 is 0 Å². The van der Waals surface area contributed by atoms with Gasteiger partial charge in [-0.05, 0) is 32.1 Å². The van der Waals surface area contributed by atoms with E-state index >= 15 is 0 Å². The molecule has 1 unspecified atom stereocenters. The lowest BCUT2D eigenvalue weighted by Gasteiger charge is -2.27. The molecule has 3 aliphatic heterocycles. The van der Waals surface area contributed by atoms with Gasteiger partial charge in [-0.1, -0.05) is 0 Å². The molecule has 1 aromatic heterocycles. The molecule has 7 N–H and O–H groups in total. The number of nitrogens with one attached hydrogen (secondary N) is 3. The lowest BCUT2D eigenvalue weighted by atomic mass is 10.1. The third-order valence-corrected chi connectivity index (χ3v) is 6.32. The van der Waals surface area contributed by atoms with E-state index < -0.39 is 24.5 Å². The molecule has 4 atom stereocenters. The average Bonchev–Trinajstić information content (AvgIpc) is 3.56. The second kappa shape index (κ2) is 10.2. The SMILES string of the molecule is CN(CCCNC(=O)Nc1ccc2c(c1)OCO2)CC1O[C@@H](N2CNc3c(N)ncnc32)[C@H](O)[C@@H]1O. The van der Waals surface area contributed by atoms with Crippen LogP contribution in [0, 0.1) is 0 Å². The molecule has 3 aliphatic rings. The van der Waals surface area contributed by atoms with Crippen LogP contribution in [-0.2, 0) is 4.74 Å². The van der Waals surface area contributed by atoms with Gasteiger partial charge in [0.25, 0.3) is 0 Å². The fourth-order valence-electron chi connectivity index (χ4n) is 4.46. The van der Waals surface area contributed by atoms with Gasteiger partial charge in [0.05, 0.1) is 6.67 Å². The standard InChI is InChI=1S/C22H30N8O6/c1-29(6-2-5-24-22(33)28-12-3-4-13-14(7-12)35-11-34-13)8-15-17(31)18(32)21(36-15)30-10-27-16-19(23)25-9-26-20(16)30/h3-4,7,9,15,17-18,21,27,31-32H,2,5-6,8,10-11H2,1H3,(H2,23,25,26)(H2,24,28,33)/t15?,17-,18-,21-/m1/s1. The number of hydrogen-bond donors (Lipinski definition) is 6. The quantitative estimate of drug-likeness (QED) is 0.257. The topological polar surface area (TPSA) is 180 Å². The van der Waals surface area contributed by atoms with Crippen molar-refractivity contribution >= 4 is 29.0 Å². The van der Waals surface area contributed by atoms with Crippen LogP contribution in [0.5, 0.6) is 11.5 Å². The molecule has 14 heteroatoms. The normalized spacial score (nSPS) is 24.1. The molecule has 0 aliphatic carbocycles. The van der Waals surface area contributed by atoms with Gasteiger partial charge in [-0.3, -0.25) is 0 Å². The first-order valence-corrected chi connectivity index (χ1v) is 11.7. The van der Waals surface area contributed by atoms with Crippen molar-refractivity contribution in [3.05, 3.63) is 24.5 Å². The van der Waals surface area contributed by atoms with Crippen molar-refractivity contribution in [2.75, 3.05) is 61.4 Å². The zero-order chi connectivity index (χ0) is 25.2. The van der Waals surface area contributed by atoms with Crippen molar-refractivity contribution < 1.29 is 29.2 Å². The molecule has 2 aromatic rings. The lowest BCUT2D eigenvalue weighted by Crippen LogP contribution is -2.44. The molecule has 1 aromatic carbocycles. The van der Waals surface area contributed by atoms with Gasteiger partial charge in [-0.2, -0.15) is 0 Å². The summed E-state index contributed by atoms with van der Waals surface area (Å²) >= 11 is 0. The predicted octanol–water partition coefficient (Wildman–Crippen LogP) is -0.433. The monoisotopic (exact) mass is 502 g/mol. The van der Waals surface area contributed by atoms with E-state index in [-0.39, 0.29) is 12.8 Å². The van der Waals surface area contributed by atoms with E-state index in [0.29, 0.717) is 67.2 Å². The summed E-state index contributed by atoms with van der Waals surface area (Å²) in [5.41, 5.74) is 7.08. The summed E-state index contributed by atoms with van der Waals surface area (Å²) in [4.78, 5) is 24.1. The summed E-state index contributed by atoms with van der Waals surface area (Å²) < 4.78 is 16.6. The van der Waals surface area contributed by atoms with Crippen LogP contribution in [0.1, 0.15) is 6.42 Å². The number of aromatic nitrogens is 2. The van der Waals surface area contributed by atoms with Crippen LogP contribution in [0.2, 0.25) is 0 Å². The van der Waals surface area contributed by atoms with E-state index in [1.165, 1.54) is 6.33 Å². The smallest absolute Gasteiger partial charge is 0.319 e. The Morgan fingerprint density at radius 3 is 2.97 bits per heavy atom. The summed E-state index contributed by atoms with van der Waals surface area (Å²) in [5, 5.41) is 29.9. The van der Waals surface area contributed by atoms with Crippen LogP contribution < -0.4 is 36.1 Å². The first-order chi connectivity index (χ1) is 17.4. The van der Waals surface area contributed by atoms with Crippen molar-refractivity contribution in [3.8, 4) is 11.5 Å². The molecule has 4 heterocycles. The second-order valence-electron chi connectivity index (χ2n) is 8.87. The fraction of sp³-hybridized carbons (Fsp3) is 0.500. The molecule has 0 radical (unpaired) electrons.